The van der Waals surface area contributed by atoms with Crippen LogP contribution in [0.15, 0.2) is 56.1 Å². The fraction of sp³-hybridized carbons (Fsp3) is 0.176. The summed E-state index contributed by atoms with van der Waals surface area (Å²) in [7, 11) is 0. The number of alkyl halides is 3. The van der Waals surface area contributed by atoms with Gasteiger partial charge in [0.05, 0.1) is 11.1 Å². The maximum absolute atomic E-state index is 12.9. The van der Waals surface area contributed by atoms with E-state index in [-0.39, 0.29) is 23.1 Å². The van der Waals surface area contributed by atoms with Crippen molar-refractivity contribution < 1.29 is 22.4 Å². The normalized spacial score (nSPS) is 11.7. The van der Waals surface area contributed by atoms with Gasteiger partial charge in [-0.25, -0.2) is 4.79 Å². The Balaban J connectivity index is 1.72. The Bertz CT molecular complexity index is 1020. The largest absolute Gasteiger partial charge is 0.419 e. The summed E-state index contributed by atoms with van der Waals surface area (Å²) in [5.41, 5.74) is 0.0937. The van der Waals surface area contributed by atoms with Crippen LogP contribution in [0.25, 0.3) is 11.1 Å². The molecule has 136 valence electrons. The number of oxazole rings is 1. The molecule has 9 heteroatoms. The van der Waals surface area contributed by atoms with Gasteiger partial charge in [0.25, 0.3) is 0 Å². The second kappa shape index (κ2) is 6.99. The first-order valence-electron chi connectivity index (χ1n) is 7.50. The average Bonchev–Trinajstić information content (AvgIpc) is 2.89. The molecular weight excluding hydrogens is 417 g/mol. The Kier molecular flexibility index (Phi) is 4.90. The molecule has 0 saturated heterocycles. The van der Waals surface area contributed by atoms with Crippen molar-refractivity contribution in [2.45, 2.75) is 19.1 Å². The first-order valence-corrected chi connectivity index (χ1v) is 8.30. The van der Waals surface area contributed by atoms with Gasteiger partial charge in [-0.05, 0) is 30.3 Å². The number of nitrogens with one attached hydrogen (secondary N) is 1. The van der Waals surface area contributed by atoms with Crippen LogP contribution in [-0.2, 0) is 17.5 Å². The predicted octanol–water partition coefficient (Wildman–Crippen LogP) is 4.40. The molecule has 0 radical (unpaired) electrons. The smallest absolute Gasteiger partial charge is 0.408 e. The van der Waals surface area contributed by atoms with Crippen molar-refractivity contribution in [3.8, 4) is 0 Å². The number of rotatable bonds is 4. The Hall–Kier alpha value is -2.55. The van der Waals surface area contributed by atoms with E-state index in [9.17, 15) is 22.8 Å². The molecule has 1 heterocycles. The van der Waals surface area contributed by atoms with E-state index in [4.69, 9.17) is 4.42 Å². The molecule has 1 N–H and O–H groups in total. The van der Waals surface area contributed by atoms with E-state index in [0.717, 1.165) is 6.07 Å². The van der Waals surface area contributed by atoms with E-state index >= 15 is 0 Å². The number of aromatic nitrogens is 1. The number of anilines is 1. The number of aryl methyl sites for hydroxylation is 1. The molecule has 0 fully saturated rings. The molecule has 2 aromatic carbocycles. The molecule has 1 aromatic heterocycles. The molecule has 0 aliphatic carbocycles. The third-order valence-corrected chi connectivity index (χ3v) is 4.38. The molecular formula is C17H12BrF3N2O3. The summed E-state index contributed by atoms with van der Waals surface area (Å²) < 4.78 is 45.0. The number of hydrogen-bond donors (Lipinski definition) is 1. The van der Waals surface area contributed by atoms with Crippen LogP contribution >= 0.6 is 15.9 Å². The first-order chi connectivity index (χ1) is 12.3. The lowest BCUT2D eigenvalue weighted by molar-refractivity contribution is -0.138. The minimum Gasteiger partial charge on any atom is -0.408 e. The Morgan fingerprint density at radius 1 is 1.19 bits per heavy atom. The fourth-order valence-electron chi connectivity index (χ4n) is 2.48. The number of benzene rings is 2. The van der Waals surface area contributed by atoms with Crippen LogP contribution in [0.1, 0.15) is 12.0 Å². The van der Waals surface area contributed by atoms with E-state index < -0.39 is 23.4 Å². The van der Waals surface area contributed by atoms with Crippen molar-refractivity contribution in [3.05, 3.63) is 63.1 Å². The summed E-state index contributed by atoms with van der Waals surface area (Å²) in [6.45, 7) is 0.0460. The number of carbonyl (C=O) groups excluding carboxylic acids is 1. The van der Waals surface area contributed by atoms with Crippen LogP contribution in [0.3, 0.4) is 0 Å². The predicted molar refractivity (Wildman–Crippen MR) is 92.9 cm³/mol. The third-order valence-electron chi connectivity index (χ3n) is 3.69. The molecule has 26 heavy (non-hydrogen) atoms. The van der Waals surface area contributed by atoms with Gasteiger partial charge in [0, 0.05) is 23.1 Å². The SMILES string of the molecule is O=C(CCn1c(=O)oc2ccccc21)Nc1ccc(Br)c(C(F)(F)F)c1. The zero-order chi connectivity index (χ0) is 18.9. The van der Waals surface area contributed by atoms with Gasteiger partial charge in [0.2, 0.25) is 5.91 Å². The van der Waals surface area contributed by atoms with E-state index in [1.165, 1.54) is 16.7 Å². The molecule has 0 bridgehead atoms. The topological polar surface area (TPSA) is 64.2 Å². The standard InChI is InChI=1S/C17H12BrF3N2O3/c18-12-6-5-10(9-11(12)17(19,20)21)22-15(24)7-8-23-13-3-1-2-4-14(13)26-16(23)25/h1-6,9H,7-8H2,(H,22,24). The molecule has 1 amide bonds. The molecule has 5 nitrogen and oxygen atoms in total. The minimum atomic E-state index is -4.54. The van der Waals surface area contributed by atoms with Gasteiger partial charge < -0.3 is 9.73 Å². The van der Waals surface area contributed by atoms with Gasteiger partial charge >= 0.3 is 11.9 Å². The van der Waals surface area contributed by atoms with Gasteiger partial charge in [-0.2, -0.15) is 13.2 Å². The summed E-state index contributed by atoms with van der Waals surface area (Å²) in [5.74, 6) is -1.11. The van der Waals surface area contributed by atoms with Crippen LogP contribution in [0.2, 0.25) is 0 Å². The number of amides is 1. The van der Waals surface area contributed by atoms with Crippen LogP contribution < -0.4 is 11.1 Å². The van der Waals surface area contributed by atoms with Crippen LogP contribution in [0.5, 0.6) is 0 Å². The van der Waals surface area contributed by atoms with Crippen molar-refractivity contribution in [3.63, 3.8) is 0 Å². The lowest BCUT2D eigenvalue weighted by Gasteiger charge is -2.12. The van der Waals surface area contributed by atoms with E-state index in [1.807, 2.05) is 0 Å². The summed E-state index contributed by atoms with van der Waals surface area (Å²) >= 11 is 2.84. The Labute approximate surface area is 153 Å². The highest BCUT2D eigenvalue weighted by molar-refractivity contribution is 9.10. The van der Waals surface area contributed by atoms with Crippen molar-refractivity contribution >= 4 is 38.6 Å². The number of fused-ring (bicyclic) bond motifs is 1. The first kappa shape index (κ1) is 18.2. The zero-order valence-corrected chi connectivity index (χ0v) is 14.7. The van der Waals surface area contributed by atoms with E-state index in [0.29, 0.717) is 11.1 Å². The van der Waals surface area contributed by atoms with Gasteiger partial charge in [-0.1, -0.05) is 28.1 Å². The number of carbonyl (C=O) groups is 1. The number of hydrogen-bond acceptors (Lipinski definition) is 3. The lowest BCUT2D eigenvalue weighted by Crippen LogP contribution is -2.20. The molecule has 3 rings (SSSR count). The Morgan fingerprint density at radius 3 is 2.65 bits per heavy atom. The maximum atomic E-state index is 12.9. The summed E-state index contributed by atoms with van der Waals surface area (Å²) in [4.78, 5) is 23.9. The second-order valence-electron chi connectivity index (χ2n) is 5.48. The quantitative estimate of drug-likeness (QED) is 0.669. The monoisotopic (exact) mass is 428 g/mol. The molecule has 0 atom stereocenters. The highest BCUT2D eigenvalue weighted by atomic mass is 79.9. The summed E-state index contributed by atoms with van der Waals surface area (Å²) in [5, 5.41) is 2.41. The highest BCUT2D eigenvalue weighted by Gasteiger charge is 2.33. The van der Waals surface area contributed by atoms with Crippen molar-refractivity contribution in [1.29, 1.82) is 0 Å². The number of nitrogens with zero attached hydrogens (tertiary/aromatic N) is 1. The summed E-state index contributed by atoms with van der Waals surface area (Å²) in [6.07, 6.45) is -4.64. The van der Waals surface area contributed by atoms with Gasteiger partial charge in [0.1, 0.15) is 0 Å². The number of para-hydroxylation sites is 2. The van der Waals surface area contributed by atoms with Crippen LogP contribution in [-0.4, -0.2) is 10.5 Å². The maximum Gasteiger partial charge on any atom is 0.419 e. The summed E-state index contributed by atoms with van der Waals surface area (Å²) in [6, 6.07) is 10.2. The molecule has 0 saturated carbocycles. The highest BCUT2D eigenvalue weighted by Crippen LogP contribution is 2.36. The van der Waals surface area contributed by atoms with Gasteiger partial charge in [-0.3, -0.25) is 9.36 Å². The minimum absolute atomic E-state index is 0.0231. The zero-order valence-electron chi connectivity index (χ0n) is 13.1. The average molecular weight is 429 g/mol. The number of halogens is 4. The Morgan fingerprint density at radius 2 is 1.92 bits per heavy atom. The lowest BCUT2D eigenvalue weighted by atomic mass is 10.2. The van der Waals surface area contributed by atoms with Crippen molar-refractivity contribution in [1.82, 2.24) is 4.57 Å². The molecule has 0 unspecified atom stereocenters. The third kappa shape index (κ3) is 3.82. The molecule has 0 aliphatic rings. The molecule has 3 aromatic rings. The fourth-order valence-corrected chi connectivity index (χ4v) is 2.95. The van der Waals surface area contributed by atoms with Crippen LogP contribution in [0, 0.1) is 0 Å². The van der Waals surface area contributed by atoms with E-state index in [2.05, 4.69) is 21.2 Å². The molecule has 0 spiro atoms. The van der Waals surface area contributed by atoms with Crippen molar-refractivity contribution in [2.75, 3.05) is 5.32 Å². The van der Waals surface area contributed by atoms with Gasteiger partial charge in [-0.15, -0.1) is 0 Å². The van der Waals surface area contributed by atoms with E-state index in [1.54, 1.807) is 24.3 Å². The second-order valence-corrected chi connectivity index (χ2v) is 6.33. The van der Waals surface area contributed by atoms with Gasteiger partial charge in [0.15, 0.2) is 5.58 Å². The van der Waals surface area contributed by atoms with Crippen LogP contribution in [0.4, 0.5) is 18.9 Å². The molecule has 0 aliphatic heterocycles. The van der Waals surface area contributed by atoms with Crippen molar-refractivity contribution in [2.24, 2.45) is 0 Å².